The Labute approximate surface area is 123 Å². The fraction of sp³-hybridized carbons (Fsp3) is 0.600. The standard InChI is InChI=1S/C15H21NO3S/c1-10-7-8-20-14(10)15(18)19-9-13(17)16-11(2)5-4-6-12(16)3/h7-8,11-12H,4-6,9H2,1-3H3/t11-,12+. The van der Waals surface area contributed by atoms with E-state index in [4.69, 9.17) is 4.74 Å². The van der Waals surface area contributed by atoms with Crippen molar-refractivity contribution in [3.63, 3.8) is 0 Å². The van der Waals surface area contributed by atoms with E-state index < -0.39 is 5.97 Å². The van der Waals surface area contributed by atoms with Gasteiger partial charge >= 0.3 is 5.97 Å². The molecule has 0 radical (unpaired) electrons. The van der Waals surface area contributed by atoms with Gasteiger partial charge < -0.3 is 9.64 Å². The van der Waals surface area contributed by atoms with Crippen LogP contribution in [0.25, 0.3) is 0 Å². The van der Waals surface area contributed by atoms with Crippen LogP contribution in [0.1, 0.15) is 48.3 Å². The van der Waals surface area contributed by atoms with Crippen LogP contribution in [0.15, 0.2) is 11.4 Å². The van der Waals surface area contributed by atoms with Crippen LogP contribution in [-0.2, 0) is 9.53 Å². The molecule has 5 heteroatoms. The number of nitrogens with zero attached hydrogens (tertiary/aromatic N) is 1. The van der Waals surface area contributed by atoms with Gasteiger partial charge in [-0.05, 0) is 57.0 Å². The van der Waals surface area contributed by atoms with Crippen molar-refractivity contribution in [2.24, 2.45) is 0 Å². The van der Waals surface area contributed by atoms with E-state index in [0.29, 0.717) is 4.88 Å². The van der Waals surface area contributed by atoms with Gasteiger partial charge in [-0.3, -0.25) is 4.79 Å². The highest BCUT2D eigenvalue weighted by molar-refractivity contribution is 7.12. The number of carbonyl (C=O) groups is 2. The first-order valence-corrected chi connectivity index (χ1v) is 7.91. The Hall–Kier alpha value is -1.36. The number of hydrogen-bond donors (Lipinski definition) is 0. The molecular weight excluding hydrogens is 274 g/mol. The molecule has 1 amide bonds. The van der Waals surface area contributed by atoms with Gasteiger partial charge in [0.25, 0.3) is 5.91 Å². The second kappa shape index (κ2) is 6.39. The van der Waals surface area contributed by atoms with Crippen LogP contribution < -0.4 is 0 Å². The lowest BCUT2D eigenvalue weighted by atomic mass is 9.97. The van der Waals surface area contributed by atoms with Crippen molar-refractivity contribution >= 4 is 23.2 Å². The van der Waals surface area contributed by atoms with Gasteiger partial charge in [-0.25, -0.2) is 4.79 Å². The van der Waals surface area contributed by atoms with Crippen LogP contribution in [-0.4, -0.2) is 35.5 Å². The van der Waals surface area contributed by atoms with Crippen molar-refractivity contribution in [3.8, 4) is 0 Å². The van der Waals surface area contributed by atoms with Gasteiger partial charge in [0.15, 0.2) is 6.61 Å². The van der Waals surface area contributed by atoms with E-state index in [-0.39, 0.29) is 24.6 Å². The number of ether oxygens (including phenoxy) is 1. The molecule has 0 unspecified atom stereocenters. The van der Waals surface area contributed by atoms with Gasteiger partial charge in [0, 0.05) is 12.1 Å². The SMILES string of the molecule is Cc1ccsc1C(=O)OCC(=O)N1[C@H](C)CCC[C@@H]1C. The van der Waals surface area contributed by atoms with Crippen LogP contribution in [0.4, 0.5) is 0 Å². The lowest BCUT2D eigenvalue weighted by Gasteiger charge is -2.38. The van der Waals surface area contributed by atoms with Gasteiger partial charge in [-0.1, -0.05) is 0 Å². The van der Waals surface area contributed by atoms with E-state index in [1.807, 2.05) is 23.3 Å². The molecule has 1 saturated heterocycles. The summed E-state index contributed by atoms with van der Waals surface area (Å²) in [6, 6.07) is 2.33. The Morgan fingerprint density at radius 1 is 1.35 bits per heavy atom. The molecule has 2 atom stereocenters. The zero-order chi connectivity index (χ0) is 14.7. The smallest absolute Gasteiger partial charge is 0.349 e. The first kappa shape index (κ1) is 15.0. The molecule has 0 spiro atoms. The van der Waals surface area contributed by atoms with E-state index in [2.05, 4.69) is 13.8 Å². The number of likely N-dealkylation sites (tertiary alicyclic amines) is 1. The molecule has 0 saturated carbocycles. The summed E-state index contributed by atoms with van der Waals surface area (Å²) in [4.78, 5) is 26.6. The van der Waals surface area contributed by atoms with Crippen molar-refractivity contribution in [2.45, 2.75) is 52.1 Å². The second-order valence-electron chi connectivity index (χ2n) is 5.44. The maximum atomic E-state index is 12.2. The molecule has 2 heterocycles. The summed E-state index contributed by atoms with van der Waals surface area (Å²) >= 11 is 1.35. The average molecular weight is 295 g/mol. The summed E-state index contributed by atoms with van der Waals surface area (Å²) in [5.74, 6) is -0.490. The van der Waals surface area contributed by atoms with Crippen molar-refractivity contribution in [3.05, 3.63) is 21.9 Å². The molecule has 1 fully saturated rings. The summed E-state index contributed by atoms with van der Waals surface area (Å²) in [7, 11) is 0. The Kier molecular flexibility index (Phi) is 4.81. The third-order valence-corrected chi connectivity index (χ3v) is 4.85. The maximum Gasteiger partial charge on any atom is 0.349 e. The molecule has 20 heavy (non-hydrogen) atoms. The zero-order valence-corrected chi connectivity index (χ0v) is 13.0. The molecule has 0 N–H and O–H groups in total. The van der Waals surface area contributed by atoms with Gasteiger partial charge in [-0.2, -0.15) is 0 Å². The van der Waals surface area contributed by atoms with Gasteiger partial charge in [-0.15, -0.1) is 11.3 Å². The van der Waals surface area contributed by atoms with Crippen molar-refractivity contribution < 1.29 is 14.3 Å². The predicted octanol–water partition coefficient (Wildman–Crippen LogP) is 3.00. The molecule has 1 aromatic heterocycles. The average Bonchev–Trinajstić information content (AvgIpc) is 2.82. The number of hydrogen-bond acceptors (Lipinski definition) is 4. The molecule has 110 valence electrons. The Morgan fingerprint density at radius 2 is 2.00 bits per heavy atom. The monoisotopic (exact) mass is 295 g/mol. The lowest BCUT2D eigenvalue weighted by Crippen LogP contribution is -2.49. The normalized spacial score (nSPS) is 22.6. The van der Waals surface area contributed by atoms with E-state index in [1.54, 1.807) is 0 Å². The van der Waals surface area contributed by atoms with Crippen LogP contribution in [0.2, 0.25) is 0 Å². The second-order valence-corrected chi connectivity index (χ2v) is 6.35. The first-order valence-electron chi connectivity index (χ1n) is 7.03. The molecule has 0 aliphatic carbocycles. The van der Waals surface area contributed by atoms with E-state index >= 15 is 0 Å². The third-order valence-electron chi connectivity index (χ3n) is 3.86. The van der Waals surface area contributed by atoms with Crippen LogP contribution in [0.3, 0.4) is 0 Å². The van der Waals surface area contributed by atoms with Gasteiger partial charge in [0.05, 0.1) is 0 Å². The topological polar surface area (TPSA) is 46.6 Å². The molecule has 1 aliphatic heterocycles. The number of piperidine rings is 1. The number of carbonyl (C=O) groups excluding carboxylic acids is 2. The molecule has 0 bridgehead atoms. The number of rotatable bonds is 3. The van der Waals surface area contributed by atoms with Gasteiger partial charge in [0.2, 0.25) is 0 Å². The molecule has 1 aliphatic rings. The van der Waals surface area contributed by atoms with Crippen molar-refractivity contribution in [1.29, 1.82) is 0 Å². The number of esters is 1. The highest BCUT2D eigenvalue weighted by atomic mass is 32.1. The van der Waals surface area contributed by atoms with E-state index in [0.717, 1.165) is 24.8 Å². The first-order chi connectivity index (χ1) is 9.50. The Bertz CT molecular complexity index is 487. The van der Waals surface area contributed by atoms with Crippen molar-refractivity contribution in [2.75, 3.05) is 6.61 Å². The van der Waals surface area contributed by atoms with Crippen LogP contribution in [0.5, 0.6) is 0 Å². The van der Waals surface area contributed by atoms with Crippen LogP contribution in [0, 0.1) is 6.92 Å². The fourth-order valence-corrected chi connectivity index (χ4v) is 3.58. The Morgan fingerprint density at radius 3 is 2.55 bits per heavy atom. The summed E-state index contributed by atoms with van der Waals surface area (Å²) < 4.78 is 5.16. The van der Waals surface area contributed by atoms with Crippen LogP contribution >= 0.6 is 11.3 Å². The quantitative estimate of drug-likeness (QED) is 0.805. The van der Waals surface area contributed by atoms with Gasteiger partial charge in [0.1, 0.15) is 4.88 Å². The largest absolute Gasteiger partial charge is 0.451 e. The predicted molar refractivity (Wildman–Crippen MR) is 79.0 cm³/mol. The van der Waals surface area contributed by atoms with E-state index in [9.17, 15) is 9.59 Å². The van der Waals surface area contributed by atoms with E-state index in [1.165, 1.54) is 11.3 Å². The minimum absolute atomic E-state index is 0.0905. The highest BCUT2D eigenvalue weighted by Crippen LogP contribution is 2.23. The minimum Gasteiger partial charge on any atom is -0.451 e. The molecule has 1 aromatic rings. The number of amides is 1. The fourth-order valence-electron chi connectivity index (χ4n) is 2.76. The highest BCUT2D eigenvalue weighted by Gasteiger charge is 2.29. The molecule has 2 rings (SSSR count). The minimum atomic E-state index is -0.400. The zero-order valence-electron chi connectivity index (χ0n) is 12.2. The number of thiophene rings is 1. The summed E-state index contributed by atoms with van der Waals surface area (Å²) in [5.41, 5.74) is 0.896. The lowest BCUT2D eigenvalue weighted by molar-refractivity contribution is -0.140. The summed E-state index contributed by atoms with van der Waals surface area (Å²) in [6.07, 6.45) is 3.20. The maximum absolute atomic E-state index is 12.2. The summed E-state index contributed by atoms with van der Waals surface area (Å²) in [6.45, 7) is 5.81. The summed E-state index contributed by atoms with van der Waals surface area (Å²) in [5, 5.41) is 1.85. The third kappa shape index (κ3) is 3.20. The molecular formula is C15H21NO3S. The molecule has 4 nitrogen and oxygen atoms in total. The number of aryl methyl sites for hydroxylation is 1. The van der Waals surface area contributed by atoms with Crippen molar-refractivity contribution in [1.82, 2.24) is 4.90 Å². The Balaban J connectivity index is 1.92. The molecule has 0 aromatic carbocycles.